The number of phenolic OH excluding ortho intramolecular Hbond substituents is 7. The van der Waals surface area contributed by atoms with Gasteiger partial charge in [-0.3, -0.25) is 0 Å². The molecule has 21 N–H and O–H groups in total. The van der Waals surface area contributed by atoms with Crippen LogP contribution in [0.1, 0.15) is 73.8 Å². The molecule has 0 bridgehead atoms. The van der Waals surface area contributed by atoms with Crippen LogP contribution in [-0.2, 0) is 44.9 Å². The summed E-state index contributed by atoms with van der Waals surface area (Å²) in [4.78, 5) is 0. The first kappa shape index (κ1) is 59.1. The Kier molecular flexibility index (Phi) is 22.2. The van der Waals surface area contributed by atoms with E-state index in [0.717, 1.165) is 55.6 Å². The number of benzene rings is 8. The van der Waals surface area contributed by atoms with Crippen LogP contribution in [0.4, 0.5) is 0 Å². The van der Waals surface area contributed by atoms with Crippen LogP contribution in [0.5, 0.6) is 40.2 Å². The molecule has 0 aliphatic heterocycles. The Morgan fingerprint density at radius 2 is 0.410 bits per heavy atom. The van der Waals surface area contributed by atoms with Crippen LogP contribution < -0.4 is 40.1 Å². The lowest BCUT2D eigenvalue weighted by atomic mass is 9.89. The highest BCUT2D eigenvalue weighted by molar-refractivity contribution is 5.40. The Labute approximate surface area is 457 Å². The van der Waals surface area contributed by atoms with Crippen LogP contribution in [0.3, 0.4) is 0 Å². The van der Waals surface area contributed by atoms with Gasteiger partial charge in [-0.15, -0.1) is 0 Å². The van der Waals surface area contributed by atoms with Crippen molar-refractivity contribution in [3.63, 3.8) is 0 Å². The molecule has 8 aromatic rings. The SMILES string of the molecule is N[C@@H](Cc1ccc(O)cc1)[C@@H](N)Cc1ccc(O)cc1.N[C@@H](Cc1ccc(O)cc1)c1cc([C@@H](N)Cc2ccc(O)cc2)cc([C@@H](N)Cc2ccc(O)cc2)c1.N[C@H](/C=C/[C@@H](N)Cc1ccc(O)cc1)Cc1ccc(O)cc1. The average molecular weight is 1050 g/mol. The third-order valence-electron chi connectivity index (χ3n) is 13.2. The van der Waals surface area contributed by atoms with Gasteiger partial charge in [-0.25, -0.2) is 0 Å². The normalized spacial score (nSPS) is 13.9. The lowest BCUT2D eigenvalue weighted by Gasteiger charge is -2.22. The fraction of sp³-hybridized carbons (Fsp3) is 0.219. The summed E-state index contributed by atoms with van der Waals surface area (Å²) in [6, 6.07) is 54.0. The van der Waals surface area contributed by atoms with Crippen molar-refractivity contribution in [3.05, 3.63) is 256 Å². The quantitative estimate of drug-likeness (QED) is 0.0320. The van der Waals surface area contributed by atoms with Gasteiger partial charge >= 0.3 is 0 Å². The molecule has 0 heterocycles. The zero-order chi connectivity index (χ0) is 56.1. The second-order valence-electron chi connectivity index (χ2n) is 19.9. The van der Waals surface area contributed by atoms with Crippen molar-refractivity contribution in [3.8, 4) is 40.2 Å². The molecular weight excluding hydrogens is 979 g/mol. The zero-order valence-corrected chi connectivity index (χ0v) is 43.7. The molecule has 0 spiro atoms. The first-order chi connectivity index (χ1) is 37.3. The minimum Gasteiger partial charge on any atom is -0.508 e. The minimum absolute atomic E-state index is 0.115. The maximum atomic E-state index is 9.59. The molecule has 0 saturated heterocycles. The number of rotatable bonds is 20. The van der Waals surface area contributed by atoms with E-state index in [9.17, 15) is 35.7 Å². The molecule has 14 heteroatoms. The minimum atomic E-state index is -0.282. The number of hydrogen-bond acceptors (Lipinski definition) is 14. The molecule has 0 aliphatic carbocycles. The first-order valence-electron chi connectivity index (χ1n) is 25.9. The van der Waals surface area contributed by atoms with Crippen LogP contribution >= 0.6 is 0 Å². The van der Waals surface area contributed by atoms with E-state index in [1.807, 2.05) is 115 Å². The molecule has 0 fully saturated rings. The Balaban J connectivity index is 0.000000202. The maximum Gasteiger partial charge on any atom is 0.115 e. The Hall–Kier alpha value is -8.18. The van der Waals surface area contributed by atoms with Crippen molar-refractivity contribution in [1.29, 1.82) is 0 Å². The predicted molar refractivity (Wildman–Crippen MR) is 311 cm³/mol. The number of nitrogens with two attached hydrogens (primary N) is 7. The van der Waals surface area contributed by atoms with Crippen molar-refractivity contribution in [2.45, 2.75) is 87.2 Å². The van der Waals surface area contributed by atoms with Gasteiger partial charge in [-0.2, -0.15) is 0 Å². The largest absolute Gasteiger partial charge is 0.508 e. The van der Waals surface area contributed by atoms with Crippen LogP contribution in [0, 0.1) is 0 Å². The topological polar surface area (TPSA) is 324 Å². The predicted octanol–water partition coefficient (Wildman–Crippen LogP) is 8.16. The van der Waals surface area contributed by atoms with Gasteiger partial charge in [0.05, 0.1) is 0 Å². The van der Waals surface area contributed by atoms with Gasteiger partial charge in [0.1, 0.15) is 40.2 Å². The van der Waals surface area contributed by atoms with Crippen LogP contribution in [0.2, 0.25) is 0 Å². The molecule has 408 valence electrons. The Morgan fingerprint density at radius 1 is 0.244 bits per heavy atom. The number of hydrogen-bond donors (Lipinski definition) is 14. The summed E-state index contributed by atoms with van der Waals surface area (Å²) in [5, 5.41) is 65.7. The van der Waals surface area contributed by atoms with E-state index in [0.29, 0.717) is 44.9 Å². The van der Waals surface area contributed by atoms with Gasteiger partial charge in [0.25, 0.3) is 0 Å². The third kappa shape index (κ3) is 20.1. The molecule has 0 aromatic heterocycles. The molecule has 8 rings (SSSR count). The summed E-state index contributed by atoms with van der Waals surface area (Å²) >= 11 is 0. The second kappa shape index (κ2) is 29.4. The van der Waals surface area contributed by atoms with Crippen LogP contribution in [0.25, 0.3) is 0 Å². The van der Waals surface area contributed by atoms with E-state index >= 15 is 0 Å². The van der Waals surface area contributed by atoms with E-state index < -0.39 is 0 Å². The first-order valence-corrected chi connectivity index (χ1v) is 25.9. The summed E-state index contributed by atoms with van der Waals surface area (Å²) in [5.41, 5.74) is 54.5. The molecule has 0 amide bonds. The molecule has 78 heavy (non-hydrogen) atoms. The summed E-state index contributed by atoms with van der Waals surface area (Å²) in [6.07, 6.45) is 8.36. The number of phenols is 7. The highest BCUT2D eigenvalue weighted by Gasteiger charge is 2.18. The summed E-state index contributed by atoms with van der Waals surface area (Å²) in [5.74, 6) is 1.66. The lowest BCUT2D eigenvalue weighted by molar-refractivity contribution is 0.473. The Bertz CT molecular complexity index is 2770. The summed E-state index contributed by atoms with van der Waals surface area (Å²) in [6.45, 7) is 0. The van der Waals surface area contributed by atoms with E-state index in [4.69, 9.17) is 40.1 Å². The molecule has 0 saturated carbocycles. The molecule has 0 aliphatic rings. The molecule has 8 aromatic carbocycles. The fourth-order valence-electron chi connectivity index (χ4n) is 8.70. The second-order valence-corrected chi connectivity index (χ2v) is 19.9. The van der Waals surface area contributed by atoms with Crippen molar-refractivity contribution in [2.24, 2.45) is 40.1 Å². The van der Waals surface area contributed by atoms with Gasteiger partial charge in [-0.1, -0.05) is 115 Å². The van der Waals surface area contributed by atoms with Gasteiger partial charge in [-0.05, 0) is 186 Å². The third-order valence-corrected chi connectivity index (χ3v) is 13.2. The average Bonchev–Trinajstić information content (AvgIpc) is 3.45. The van der Waals surface area contributed by atoms with Crippen LogP contribution in [-0.4, -0.2) is 59.9 Å². The highest BCUT2D eigenvalue weighted by atomic mass is 16.3. The van der Waals surface area contributed by atoms with Crippen molar-refractivity contribution < 1.29 is 35.7 Å². The maximum absolute atomic E-state index is 9.59. The molecule has 7 atom stereocenters. The Morgan fingerprint density at radius 3 is 0.603 bits per heavy atom. The van der Waals surface area contributed by atoms with E-state index in [1.54, 1.807) is 84.9 Å². The van der Waals surface area contributed by atoms with Gasteiger partial charge < -0.3 is 75.9 Å². The van der Waals surface area contributed by atoms with Crippen molar-refractivity contribution in [2.75, 3.05) is 0 Å². The fourth-order valence-corrected chi connectivity index (χ4v) is 8.70. The number of aromatic hydroxyl groups is 7. The smallest absolute Gasteiger partial charge is 0.115 e. The molecular formula is C64H75N7O7. The van der Waals surface area contributed by atoms with Gasteiger partial charge in [0, 0.05) is 42.3 Å². The summed E-state index contributed by atoms with van der Waals surface area (Å²) in [7, 11) is 0. The zero-order valence-electron chi connectivity index (χ0n) is 43.7. The van der Waals surface area contributed by atoms with Crippen LogP contribution in [0.15, 0.2) is 200 Å². The lowest BCUT2D eigenvalue weighted by Crippen LogP contribution is -2.44. The summed E-state index contributed by atoms with van der Waals surface area (Å²) < 4.78 is 0. The van der Waals surface area contributed by atoms with E-state index in [1.165, 1.54) is 0 Å². The van der Waals surface area contributed by atoms with Gasteiger partial charge in [0.15, 0.2) is 0 Å². The molecule has 14 nitrogen and oxygen atoms in total. The van der Waals surface area contributed by atoms with E-state index in [2.05, 4.69) is 0 Å². The monoisotopic (exact) mass is 1050 g/mol. The molecule has 0 unspecified atom stereocenters. The molecule has 0 radical (unpaired) electrons. The van der Waals surface area contributed by atoms with Gasteiger partial charge in [0.2, 0.25) is 0 Å². The van der Waals surface area contributed by atoms with Crippen molar-refractivity contribution >= 4 is 0 Å². The van der Waals surface area contributed by atoms with E-state index in [-0.39, 0.29) is 82.5 Å². The highest BCUT2D eigenvalue weighted by Crippen LogP contribution is 2.29. The standard InChI is InChI=1S/C30H33N3O3.C18H22N2O2.C16H20N2O2/c31-28(13-19-1-7-25(34)8-2-19)22-16-23(29(32)14-20-3-9-26(35)10-4-20)18-24(17-22)30(33)15-21-5-11-27(36)12-6-21;19-15(11-13-1-7-17(21)8-2-13)5-6-16(20)12-14-3-9-18(22)10-4-14;17-15(9-11-1-5-13(19)6-2-11)16(18)10-12-3-7-14(20)8-4-12/h1-12,16-18,28-30,34-36H,13-15,31-33H2;1-10,15-16,21-22H,11-12,19-20H2;1-8,15-16,19-20H,9-10,17-18H2/b;6-5+;/t28-,29-,30-;2*15-,16-/m010/s1. The van der Waals surface area contributed by atoms with Crippen molar-refractivity contribution in [1.82, 2.24) is 0 Å².